The fourth-order valence-electron chi connectivity index (χ4n) is 1.70. The van der Waals surface area contributed by atoms with Crippen LogP contribution in [-0.4, -0.2) is 24.5 Å². The smallest absolute Gasteiger partial charge is 0.254 e. The number of thioether (sulfide) groups is 1. The van der Waals surface area contributed by atoms with E-state index in [4.69, 9.17) is 0 Å². The summed E-state index contributed by atoms with van der Waals surface area (Å²) in [6.45, 7) is 0.494. The van der Waals surface area contributed by atoms with Crippen LogP contribution in [0.4, 0.5) is 8.78 Å². The minimum Gasteiger partial charge on any atom is -0.352 e. The highest BCUT2D eigenvalue weighted by Gasteiger charge is 2.14. The molecule has 106 valence electrons. The Kier molecular flexibility index (Phi) is 7.48. The molecule has 0 saturated carbocycles. The molecule has 1 amide bonds. The number of carbonyl (C=O) groups is 1. The third-order valence-corrected chi connectivity index (χ3v) is 3.45. The molecule has 1 N–H and O–H groups in total. The first kappa shape index (κ1) is 16.0. The summed E-state index contributed by atoms with van der Waals surface area (Å²) in [5.74, 6) is -1.48. The van der Waals surface area contributed by atoms with Crippen LogP contribution in [0.5, 0.6) is 0 Å². The first-order chi connectivity index (χ1) is 9.16. The summed E-state index contributed by atoms with van der Waals surface area (Å²) in [7, 11) is 0. The molecule has 1 rings (SSSR count). The average molecular weight is 287 g/mol. The van der Waals surface area contributed by atoms with Gasteiger partial charge in [0.05, 0.1) is 5.56 Å². The van der Waals surface area contributed by atoms with Gasteiger partial charge in [0.1, 0.15) is 0 Å². The highest BCUT2D eigenvalue weighted by molar-refractivity contribution is 7.98. The van der Waals surface area contributed by atoms with Gasteiger partial charge in [0, 0.05) is 6.54 Å². The lowest BCUT2D eigenvalue weighted by Gasteiger charge is -2.06. The molecule has 0 unspecified atom stereocenters. The zero-order chi connectivity index (χ0) is 14.1. The van der Waals surface area contributed by atoms with Crippen molar-refractivity contribution in [2.45, 2.75) is 25.7 Å². The van der Waals surface area contributed by atoms with Crippen molar-refractivity contribution >= 4 is 17.7 Å². The van der Waals surface area contributed by atoms with Gasteiger partial charge in [-0.3, -0.25) is 4.79 Å². The maximum Gasteiger partial charge on any atom is 0.254 e. The molecule has 19 heavy (non-hydrogen) atoms. The number of nitrogens with one attached hydrogen (secondary N) is 1. The number of halogens is 2. The molecule has 0 heterocycles. The predicted molar refractivity (Wildman–Crippen MR) is 75.5 cm³/mol. The molecule has 1 aromatic carbocycles. The zero-order valence-electron chi connectivity index (χ0n) is 11.0. The van der Waals surface area contributed by atoms with Gasteiger partial charge in [-0.15, -0.1) is 0 Å². The molecule has 0 radical (unpaired) electrons. The number of amides is 1. The van der Waals surface area contributed by atoms with Gasteiger partial charge in [-0.1, -0.05) is 18.9 Å². The number of hydrogen-bond donors (Lipinski definition) is 1. The van der Waals surface area contributed by atoms with Crippen LogP contribution in [0.25, 0.3) is 0 Å². The summed E-state index contributed by atoms with van der Waals surface area (Å²) in [6, 6.07) is 3.61. The molecule has 0 saturated heterocycles. The molecule has 2 nitrogen and oxygen atoms in total. The molecular weight excluding hydrogens is 268 g/mol. The second-order valence-electron chi connectivity index (χ2n) is 4.26. The Morgan fingerprint density at radius 1 is 1.21 bits per heavy atom. The van der Waals surface area contributed by atoms with Crippen molar-refractivity contribution in [1.29, 1.82) is 0 Å². The van der Waals surface area contributed by atoms with Crippen LogP contribution >= 0.6 is 11.8 Å². The molecule has 0 fully saturated rings. The van der Waals surface area contributed by atoms with E-state index >= 15 is 0 Å². The van der Waals surface area contributed by atoms with E-state index in [2.05, 4.69) is 11.6 Å². The quantitative estimate of drug-likeness (QED) is 0.740. The lowest BCUT2D eigenvalue weighted by atomic mass is 10.1. The molecule has 0 aliphatic rings. The van der Waals surface area contributed by atoms with E-state index in [1.807, 2.05) is 11.8 Å². The van der Waals surface area contributed by atoms with Gasteiger partial charge in [0.15, 0.2) is 11.6 Å². The number of benzene rings is 1. The van der Waals surface area contributed by atoms with Crippen LogP contribution in [-0.2, 0) is 0 Å². The van der Waals surface area contributed by atoms with Crippen LogP contribution < -0.4 is 5.32 Å². The van der Waals surface area contributed by atoms with Crippen molar-refractivity contribution < 1.29 is 13.6 Å². The van der Waals surface area contributed by atoms with E-state index in [1.54, 1.807) is 0 Å². The Labute approximate surface area is 117 Å². The van der Waals surface area contributed by atoms with Gasteiger partial charge in [-0.05, 0) is 37.0 Å². The van der Waals surface area contributed by atoms with Crippen molar-refractivity contribution in [3.05, 3.63) is 35.4 Å². The third-order valence-electron chi connectivity index (χ3n) is 2.76. The van der Waals surface area contributed by atoms with E-state index in [9.17, 15) is 13.6 Å². The third kappa shape index (κ3) is 5.59. The highest BCUT2D eigenvalue weighted by Crippen LogP contribution is 2.11. The lowest BCUT2D eigenvalue weighted by Crippen LogP contribution is -2.25. The summed E-state index contributed by atoms with van der Waals surface area (Å²) in [6.07, 6.45) is 6.27. The zero-order valence-corrected chi connectivity index (χ0v) is 11.9. The van der Waals surface area contributed by atoms with E-state index in [0.717, 1.165) is 31.1 Å². The Bertz CT molecular complexity index is 412. The fourth-order valence-corrected chi connectivity index (χ4v) is 2.19. The Morgan fingerprint density at radius 2 is 1.95 bits per heavy atom. The summed E-state index contributed by atoms with van der Waals surface area (Å²) >= 11 is 1.82. The van der Waals surface area contributed by atoms with Crippen LogP contribution in [0.1, 0.15) is 36.0 Å². The largest absolute Gasteiger partial charge is 0.352 e. The topological polar surface area (TPSA) is 29.1 Å². The molecule has 0 aliphatic carbocycles. The van der Waals surface area contributed by atoms with E-state index in [-0.39, 0.29) is 5.56 Å². The second kappa shape index (κ2) is 8.91. The van der Waals surface area contributed by atoms with Crippen molar-refractivity contribution in [2.75, 3.05) is 18.6 Å². The molecule has 0 atom stereocenters. The first-order valence-corrected chi connectivity index (χ1v) is 7.77. The van der Waals surface area contributed by atoms with Gasteiger partial charge in [0.2, 0.25) is 0 Å². The van der Waals surface area contributed by atoms with Crippen LogP contribution in [0.3, 0.4) is 0 Å². The molecule has 0 bridgehead atoms. The number of rotatable bonds is 8. The Hall–Kier alpha value is -1.10. The summed E-state index contributed by atoms with van der Waals surface area (Å²) in [4.78, 5) is 11.6. The maximum absolute atomic E-state index is 13.3. The molecule has 1 aromatic rings. The summed E-state index contributed by atoms with van der Waals surface area (Å²) in [5.41, 5.74) is -0.234. The van der Waals surface area contributed by atoms with Gasteiger partial charge in [-0.25, -0.2) is 8.78 Å². The normalized spacial score (nSPS) is 10.5. The average Bonchev–Trinajstić information content (AvgIpc) is 2.40. The standard InChI is InChI=1S/C14H19F2NOS/c1-19-10-5-3-2-4-9-17-14(18)11-7-6-8-12(15)13(11)16/h6-8H,2-5,9-10H2,1H3,(H,17,18). The van der Waals surface area contributed by atoms with Crippen LogP contribution in [0, 0.1) is 11.6 Å². The van der Waals surface area contributed by atoms with Crippen molar-refractivity contribution in [1.82, 2.24) is 5.32 Å². The minimum absolute atomic E-state index is 0.234. The lowest BCUT2D eigenvalue weighted by molar-refractivity contribution is 0.0948. The summed E-state index contributed by atoms with van der Waals surface area (Å²) < 4.78 is 26.3. The van der Waals surface area contributed by atoms with E-state index in [1.165, 1.54) is 18.6 Å². The first-order valence-electron chi connectivity index (χ1n) is 6.38. The number of carbonyl (C=O) groups excluding carboxylic acids is 1. The van der Waals surface area contributed by atoms with Crippen molar-refractivity contribution in [2.24, 2.45) is 0 Å². The van der Waals surface area contributed by atoms with E-state index < -0.39 is 17.5 Å². The molecular formula is C14H19F2NOS. The van der Waals surface area contributed by atoms with Crippen molar-refractivity contribution in [3.63, 3.8) is 0 Å². The molecule has 0 aliphatic heterocycles. The van der Waals surface area contributed by atoms with Gasteiger partial charge in [-0.2, -0.15) is 11.8 Å². The van der Waals surface area contributed by atoms with Crippen LogP contribution in [0.2, 0.25) is 0 Å². The van der Waals surface area contributed by atoms with Gasteiger partial charge < -0.3 is 5.32 Å². The minimum atomic E-state index is -1.08. The Balaban J connectivity index is 2.26. The monoisotopic (exact) mass is 287 g/mol. The fraction of sp³-hybridized carbons (Fsp3) is 0.500. The Morgan fingerprint density at radius 3 is 2.68 bits per heavy atom. The van der Waals surface area contributed by atoms with Gasteiger partial charge in [0.25, 0.3) is 5.91 Å². The highest BCUT2D eigenvalue weighted by atomic mass is 32.2. The van der Waals surface area contributed by atoms with Crippen LogP contribution in [0.15, 0.2) is 18.2 Å². The maximum atomic E-state index is 13.3. The molecule has 0 aromatic heterocycles. The number of unbranched alkanes of at least 4 members (excludes halogenated alkanes) is 3. The molecule has 0 spiro atoms. The SMILES string of the molecule is CSCCCCCCNC(=O)c1cccc(F)c1F. The van der Waals surface area contributed by atoms with E-state index in [0.29, 0.717) is 6.54 Å². The predicted octanol–water partition coefficient (Wildman–Crippen LogP) is 3.62. The van der Waals surface area contributed by atoms with Crippen molar-refractivity contribution in [3.8, 4) is 0 Å². The van der Waals surface area contributed by atoms with Gasteiger partial charge >= 0.3 is 0 Å². The molecule has 5 heteroatoms. The second-order valence-corrected chi connectivity index (χ2v) is 5.25. The number of hydrogen-bond acceptors (Lipinski definition) is 2. The summed E-state index contributed by atoms with van der Waals surface area (Å²) in [5, 5.41) is 2.61.